The van der Waals surface area contributed by atoms with Crippen molar-refractivity contribution in [3.8, 4) is 0 Å². The third-order valence-corrected chi connectivity index (χ3v) is 3.09. The van der Waals surface area contributed by atoms with Crippen LogP contribution in [0.15, 0.2) is 36.4 Å². The van der Waals surface area contributed by atoms with E-state index < -0.39 is 0 Å². The zero-order valence-corrected chi connectivity index (χ0v) is 10.7. The third-order valence-electron chi connectivity index (χ3n) is 2.78. The standard InChI is InChI=1S/C14H15ClN2/c1-9-5-3-6-10(2)13(9)17-14-11(15)7-4-8-12(14)16/h3-8,17H,16H2,1-2H3. The lowest BCUT2D eigenvalue weighted by molar-refractivity contribution is 1.36. The van der Waals surface area contributed by atoms with E-state index in [9.17, 15) is 0 Å². The summed E-state index contributed by atoms with van der Waals surface area (Å²) >= 11 is 6.14. The first-order chi connectivity index (χ1) is 8.09. The summed E-state index contributed by atoms with van der Waals surface area (Å²) in [7, 11) is 0. The number of aryl methyl sites for hydroxylation is 2. The number of benzene rings is 2. The van der Waals surface area contributed by atoms with Gasteiger partial charge < -0.3 is 11.1 Å². The van der Waals surface area contributed by atoms with Crippen LogP contribution in [0.3, 0.4) is 0 Å². The number of nitrogen functional groups attached to an aromatic ring is 1. The van der Waals surface area contributed by atoms with Gasteiger partial charge in [-0.2, -0.15) is 0 Å². The van der Waals surface area contributed by atoms with Crippen molar-refractivity contribution in [3.63, 3.8) is 0 Å². The molecule has 0 aliphatic rings. The molecule has 0 saturated carbocycles. The zero-order chi connectivity index (χ0) is 12.4. The molecule has 17 heavy (non-hydrogen) atoms. The summed E-state index contributed by atoms with van der Waals surface area (Å²) in [5.41, 5.74) is 10.7. The predicted octanol–water partition coefficient (Wildman–Crippen LogP) is 4.28. The van der Waals surface area contributed by atoms with Gasteiger partial charge in [0.1, 0.15) is 0 Å². The quantitative estimate of drug-likeness (QED) is 0.776. The molecular formula is C14H15ClN2. The lowest BCUT2D eigenvalue weighted by Gasteiger charge is -2.15. The molecule has 0 aromatic heterocycles. The zero-order valence-electron chi connectivity index (χ0n) is 9.92. The monoisotopic (exact) mass is 246 g/mol. The van der Waals surface area contributed by atoms with Crippen LogP contribution in [0.4, 0.5) is 17.1 Å². The van der Waals surface area contributed by atoms with Gasteiger partial charge in [-0.05, 0) is 37.1 Å². The molecular weight excluding hydrogens is 232 g/mol. The minimum Gasteiger partial charge on any atom is -0.397 e. The summed E-state index contributed by atoms with van der Waals surface area (Å²) in [6.07, 6.45) is 0. The Kier molecular flexibility index (Phi) is 3.25. The number of nitrogens with one attached hydrogen (secondary N) is 1. The van der Waals surface area contributed by atoms with Crippen molar-refractivity contribution in [3.05, 3.63) is 52.5 Å². The van der Waals surface area contributed by atoms with Gasteiger partial charge in [-0.15, -0.1) is 0 Å². The molecule has 3 heteroatoms. The molecule has 0 atom stereocenters. The highest BCUT2D eigenvalue weighted by Crippen LogP contribution is 2.33. The van der Waals surface area contributed by atoms with Crippen molar-refractivity contribution in [2.24, 2.45) is 0 Å². The number of anilines is 3. The maximum absolute atomic E-state index is 6.14. The molecule has 0 heterocycles. The van der Waals surface area contributed by atoms with E-state index in [4.69, 9.17) is 17.3 Å². The van der Waals surface area contributed by atoms with Crippen LogP contribution < -0.4 is 11.1 Å². The molecule has 2 nitrogen and oxygen atoms in total. The molecule has 0 unspecified atom stereocenters. The molecule has 0 bridgehead atoms. The summed E-state index contributed by atoms with van der Waals surface area (Å²) in [6, 6.07) is 11.7. The molecule has 2 rings (SSSR count). The van der Waals surface area contributed by atoms with Crippen LogP contribution in [0, 0.1) is 13.8 Å². The van der Waals surface area contributed by atoms with Crippen molar-refractivity contribution < 1.29 is 0 Å². The van der Waals surface area contributed by atoms with E-state index in [0.717, 1.165) is 11.4 Å². The fourth-order valence-electron chi connectivity index (χ4n) is 1.81. The van der Waals surface area contributed by atoms with Gasteiger partial charge in [0.15, 0.2) is 0 Å². The second-order valence-corrected chi connectivity index (χ2v) is 4.50. The number of hydrogen-bond donors (Lipinski definition) is 2. The fraction of sp³-hybridized carbons (Fsp3) is 0.143. The highest BCUT2D eigenvalue weighted by molar-refractivity contribution is 6.34. The maximum Gasteiger partial charge on any atom is 0.0807 e. The van der Waals surface area contributed by atoms with E-state index in [0.29, 0.717) is 10.7 Å². The number of halogens is 1. The second-order valence-electron chi connectivity index (χ2n) is 4.10. The van der Waals surface area contributed by atoms with Gasteiger partial charge in [0, 0.05) is 5.69 Å². The number of hydrogen-bond acceptors (Lipinski definition) is 2. The summed E-state index contributed by atoms with van der Waals surface area (Å²) in [6.45, 7) is 4.12. The van der Waals surface area contributed by atoms with E-state index >= 15 is 0 Å². The summed E-state index contributed by atoms with van der Waals surface area (Å²) in [4.78, 5) is 0. The molecule has 0 fully saturated rings. The Hall–Kier alpha value is -1.67. The van der Waals surface area contributed by atoms with E-state index in [1.165, 1.54) is 11.1 Å². The first-order valence-electron chi connectivity index (χ1n) is 5.47. The van der Waals surface area contributed by atoms with Gasteiger partial charge >= 0.3 is 0 Å². The van der Waals surface area contributed by atoms with Crippen LogP contribution in [0.25, 0.3) is 0 Å². The summed E-state index contributed by atoms with van der Waals surface area (Å²) in [5, 5.41) is 3.95. The summed E-state index contributed by atoms with van der Waals surface area (Å²) < 4.78 is 0. The van der Waals surface area contributed by atoms with Crippen molar-refractivity contribution in [1.82, 2.24) is 0 Å². The highest BCUT2D eigenvalue weighted by Gasteiger charge is 2.07. The molecule has 0 aliphatic heterocycles. The van der Waals surface area contributed by atoms with E-state index in [2.05, 4.69) is 31.3 Å². The lowest BCUT2D eigenvalue weighted by atomic mass is 10.1. The first kappa shape index (κ1) is 11.8. The Morgan fingerprint density at radius 2 is 1.53 bits per heavy atom. The molecule has 0 radical (unpaired) electrons. The van der Waals surface area contributed by atoms with Gasteiger partial charge in [-0.1, -0.05) is 35.9 Å². The van der Waals surface area contributed by atoms with Gasteiger partial charge in [0.25, 0.3) is 0 Å². The topological polar surface area (TPSA) is 38.0 Å². The Labute approximate surface area is 106 Å². The predicted molar refractivity (Wildman–Crippen MR) is 75.1 cm³/mol. The first-order valence-corrected chi connectivity index (χ1v) is 5.84. The van der Waals surface area contributed by atoms with E-state index in [1.54, 1.807) is 0 Å². The van der Waals surface area contributed by atoms with E-state index in [1.807, 2.05) is 24.3 Å². The van der Waals surface area contributed by atoms with Crippen LogP contribution in [0.1, 0.15) is 11.1 Å². The van der Waals surface area contributed by atoms with Gasteiger partial charge in [-0.25, -0.2) is 0 Å². The molecule has 3 N–H and O–H groups in total. The van der Waals surface area contributed by atoms with Crippen molar-refractivity contribution in [2.75, 3.05) is 11.1 Å². The summed E-state index contributed by atoms with van der Waals surface area (Å²) in [5.74, 6) is 0. The second kappa shape index (κ2) is 4.68. The third kappa shape index (κ3) is 2.37. The van der Waals surface area contributed by atoms with Crippen LogP contribution in [-0.2, 0) is 0 Å². The number of nitrogens with two attached hydrogens (primary N) is 1. The normalized spacial score (nSPS) is 10.3. The number of rotatable bonds is 2. The molecule has 0 spiro atoms. The number of para-hydroxylation sites is 2. The molecule has 2 aromatic carbocycles. The molecule has 0 aliphatic carbocycles. The van der Waals surface area contributed by atoms with Crippen LogP contribution in [0.2, 0.25) is 5.02 Å². The van der Waals surface area contributed by atoms with E-state index in [-0.39, 0.29) is 0 Å². The van der Waals surface area contributed by atoms with Crippen LogP contribution in [-0.4, -0.2) is 0 Å². The Morgan fingerprint density at radius 3 is 2.12 bits per heavy atom. The molecule has 0 saturated heterocycles. The Morgan fingerprint density at radius 1 is 0.941 bits per heavy atom. The average Bonchev–Trinajstić information content (AvgIpc) is 2.27. The van der Waals surface area contributed by atoms with Crippen LogP contribution in [0.5, 0.6) is 0 Å². The van der Waals surface area contributed by atoms with Gasteiger partial charge in [0.2, 0.25) is 0 Å². The molecule has 0 amide bonds. The fourth-order valence-corrected chi connectivity index (χ4v) is 2.04. The molecule has 88 valence electrons. The Balaban J connectivity index is 2.45. The minimum atomic E-state index is 0.632. The van der Waals surface area contributed by atoms with Crippen molar-refractivity contribution in [1.29, 1.82) is 0 Å². The van der Waals surface area contributed by atoms with Gasteiger partial charge in [-0.3, -0.25) is 0 Å². The lowest BCUT2D eigenvalue weighted by Crippen LogP contribution is -2.00. The largest absolute Gasteiger partial charge is 0.397 e. The minimum absolute atomic E-state index is 0.632. The maximum atomic E-state index is 6.14. The van der Waals surface area contributed by atoms with Crippen molar-refractivity contribution in [2.45, 2.75) is 13.8 Å². The molecule has 2 aromatic rings. The smallest absolute Gasteiger partial charge is 0.0807 e. The highest BCUT2D eigenvalue weighted by atomic mass is 35.5. The van der Waals surface area contributed by atoms with Gasteiger partial charge in [0.05, 0.1) is 16.4 Å². The SMILES string of the molecule is Cc1cccc(C)c1Nc1c(N)cccc1Cl. The van der Waals surface area contributed by atoms with Crippen LogP contribution >= 0.6 is 11.6 Å². The Bertz CT molecular complexity index is 460. The van der Waals surface area contributed by atoms with Crippen molar-refractivity contribution >= 4 is 28.7 Å². The average molecular weight is 247 g/mol.